The van der Waals surface area contributed by atoms with Gasteiger partial charge in [0.05, 0.1) is 23.3 Å². The second kappa shape index (κ2) is 7.58. The molecule has 0 bridgehead atoms. The highest BCUT2D eigenvalue weighted by atomic mass is 19.1. The molecule has 6 nitrogen and oxygen atoms in total. The van der Waals surface area contributed by atoms with Crippen molar-refractivity contribution in [3.8, 4) is 5.75 Å². The summed E-state index contributed by atoms with van der Waals surface area (Å²) in [5.74, 6) is -1.71. The van der Waals surface area contributed by atoms with Crippen LogP contribution in [0.2, 0.25) is 0 Å². The highest BCUT2D eigenvalue weighted by Gasteiger charge is 2.33. The summed E-state index contributed by atoms with van der Waals surface area (Å²) in [7, 11) is 0. The number of nitrogens with one attached hydrogen (secondary N) is 1. The van der Waals surface area contributed by atoms with Gasteiger partial charge >= 0.3 is 5.97 Å². The number of ether oxygens (including phenoxy) is 2. The summed E-state index contributed by atoms with van der Waals surface area (Å²) >= 11 is 0. The topological polar surface area (TPSA) is 85.5 Å². The van der Waals surface area contributed by atoms with E-state index < -0.39 is 17.6 Å². The van der Waals surface area contributed by atoms with Crippen LogP contribution in [0, 0.1) is 19.7 Å². The third-order valence-corrected chi connectivity index (χ3v) is 4.91. The highest BCUT2D eigenvalue weighted by Crippen LogP contribution is 2.39. The second-order valence-corrected chi connectivity index (χ2v) is 6.92. The van der Waals surface area contributed by atoms with Gasteiger partial charge in [0.25, 0.3) is 0 Å². The average molecular weight is 387 g/mol. The number of aryl methyl sites for hydroxylation is 2. The Balaban J connectivity index is 1.87. The Morgan fingerprint density at radius 3 is 2.57 bits per heavy atom. The Morgan fingerprint density at radius 1 is 1.21 bits per heavy atom. The summed E-state index contributed by atoms with van der Waals surface area (Å²) in [4.78, 5) is 40.2. The third kappa shape index (κ3) is 3.32. The summed E-state index contributed by atoms with van der Waals surface area (Å²) in [5.41, 5.74) is 1.98. The summed E-state index contributed by atoms with van der Waals surface area (Å²) in [6, 6.07) is 2.60. The molecule has 2 aromatic rings. The Labute approximate surface area is 162 Å². The lowest BCUT2D eigenvalue weighted by Crippen LogP contribution is -2.18. The summed E-state index contributed by atoms with van der Waals surface area (Å²) in [6.45, 7) is 6.64. The predicted molar refractivity (Wildman–Crippen MR) is 99.8 cm³/mol. The van der Waals surface area contributed by atoms with E-state index >= 15 is 0 Å². The molecule has 0 saturated carbocycles. The van der Waals surface area contributed by atoms with Gasteiger partial charge in [0, 0.05) is 23.4 Å². The second-order valence-electron chi connectivity index (χ2n) is 6.92. The fourth-order valence-electron chi connectivity index (χ4n) is 3.75. The molecule has 0 spiro atoms. The fraction of sp³-hybridized carbons (Fsp3) is 0.381. The lowest BCUT2D eigenvalue weighted by atomic mass is 10.0. The smallest absolute Gasteiger partial charge is 0.340 e. The molecular formula is C21H22FNO5. The lowest BCUT2D eigenvalue weighted by Gasteiger charge is -2.12. The van der Waals surface area contributed by atoms with Gasteiger partial charge in [-0.05, 0) is 38.8 Å². The number of benzene rings is 1. The van der Waals surface area contributed by atoms with Crippen LogP contribution in [0.5, 0.6) is 5.75 Å². The number of aromatic nitrogens is 1. The van der Waals surface area contributed by atoms with Crippen molar-refractivity contribution in [2.75, 3.05) is 13.2 Å². The minimum Gasteiger partial charge on any atom is -0.485 e. The number of rotatable bonds is 6. The van der Waals surface area contributed by atoms with Crippen molar-refractivity contribution >= 4 is 17.5 Å². The number of carbonyl (C=O) groups is 3. The zero-order chi connectivity index (χ0) is 20.6. The van der Waals surface area contributed by atoms with Gasteiger partial charge in [-0.3, -0.25) is 9.59 Å². The number of fused-ring (bicyclic) bond motifs is 1. The van der Waals surface area contributed by atoms with Crippen LogP contribution in [0.3, 0.4) is 0 Å². The van der Waals surface area contributed by atoms with E-state index in [1.54, 1.807) is 27.7 Å². The van der Waals surface area contributed by atoms with Crippen LogP contribution < -0.4 is 4.74 Å². The molecule has 3 rings (SSSR count). The first-order chi connectivity index (χ1) is 13.3. The number of halogens is 1. The zero-order valence-corrected chi connectivity index (χ0v) is 16.3. The summed E-state index contributed by atoms with van der Waals surface area (Å²) in [5, 5.41) is 0. The van der Waals surface area contributed by atoms with Crippen LogP contribution in [0.15, 0.2) is 12.1 Å². The van der Waals surface area contributed by atoms with Crippen molar-refractivity contribution in [1.29, 1.82) is 0 Å². The molecule has 0 fully saturated rings. The molecule has 1 heterocycles. The number of ketones is 2. The SMILES string of the molecule is CCOC(=O)c1c(C)[nH]c(C)c1C(=O)COc1ccc(F)c2c1C(=O)C[C@@H]2C. The standard InChI is InChI=1S/C21H22FNO5/c1-5-27-21(26)19-12(4)23-11(3)18(19)15(25)9-28-16-7-6-13(22)17-10(2)8-14(24)20(16)17/h6-7,10,23H,5,8-9H2,1-4H3/t10-/m0/s1. The van der Waals surface area contributed by atoms with E-state index in [1.807, 2.05) is 0 Å². The van der Waals surface area contributed by atoms with Gasteiger partial charge in [-0.1, -0.05) is 6.92 Å². The molecule has 1 aromatic carbocycles. The molecule has 1 N–H and O–H groups in total. The summed E-state index contributed by atoms with van der Waals surface area (Å²) < 4.78 is 24.7. The minimum atomic E-state index is -0.584. The number of hydrogen-bond donors (Lipinski definition) is 1. The fourth-order valence-corrected chi connectivity index (χ4v) is 3.75. The van der Waals surface area contributed by atoms with Gasteiger partial charge in [-0.2, -0.15) is 0 Å². The molecule has 0 unspecified atom stereocenters. The van der Waals surface area contributed by atoms with Crippen molar-refractivity contribution in [2.45, 2.75) is 40.0 Å². The van der Waals surface area contributed by atoms with Crippen molar-refractivity contribution in [3.63, 3.8) is 0 Å². The molecule has 1 aliphatic rings. The quantitative estimate of drug-likeness (QED) is 0.600. The maximum absolute atomic E-state index is 14.1. The van der Waals surface area contributed by atoms with E-state index in [9.17, 15) is 18.8 Å². The van der Waals surface area contributed by atoms with Crippen LogP contribution in [0.1, 0.15) is 74.2 Å². The number of aromatic amines is 1. The molecule has 0 saturated heterocycles. The van der Waals surface area contributed by atoms with Crippen LogP contribution in [0.4, 0.5) is 4.39 Å². The Bertz CT molecular complexity index is 976. The maximum atomic E-state index is 14.1. The Hall–Kier alpha value is -2.96. The van der Waals surface area contributed by atoms with Gasteiger partial charge in [0.2, 0.25) is 5.78 Å². The van der Waals surface area contributed by atoms with Gasteiger partial charge in [-0.15, -0.1) is 0 Å². The maximum Gasteiger partial charge on any atom is 0.340 e. The number of carbonyl (C=O) groups excluding carboxylic acids is 3. The molecule has 1 aromatic heterocycles. The van der Waals surface area contributed by atoms with Gasteiger partial charge < -0.3 is 14.5 Å². The molecule has 0 amide bonds. The normalized spacial score (nSPS) is 15.5. The monoisotopic (exact) mass is 387 g/mol. The molecule has 0 aliphatic heterocycles. The van der Waals surface area contributed by atoms with Crippen LogP contribution >= 0.6 is 0 Å². The molecule has 1 aliphatic carbocycles. The number of Topliss-reactive ketones (excluding diaryl/α,β-unsaturated/α-hetero) is 2. The largest absolute Gasteiger partial charge is 0.485 e. The van der Waals surface area contributed by atoms with E-state index in [-0.39, 0.29) is 53.8 Å². The van der Waals surface area contributed by atoms with Crippen molar-refractivity contribution < 1.29 is 28.2 Å². The van der Waals surface area contributed by atoms with E-state index in [2.05, 4.69) is 4.98 Å². The number of hydrogen-bond acceptors (Lipinski definition) is 5. The molecular weight excluding hydrogens is 365 g/mol. The van der Waals surface area contributed by atoms with E-state index in [4.69, 9.17) is 9.47 Å². The predicted octanol–water partition coefficient (Wildman–Crippen LogP) is 3.90. The van der Waals surface area contributed by atoms with Crippen LogP contribution in [-0.4, -0.2) is 35.7 Å². The van der Waals surface area contributed by atoms with Crippen LogP contribution in [0.25, 0.3) is 0 Å². The lowest BCUT2D eigenvalue weighted by molar-refractivity contribution is 0.0522. The number of H-pyrrole nitrogens is 1. The first-order valence-electron chi connectivity index (χ1n) is 9.14. The Kier molecular flexibility index (Phi) is 5.36. The Morgan fingerprint density at radius 2 is 1.89 bits per heavy atom. The first kappa shape index (κ1) is 19.8. The molecule has 28 heavy (non-hydrogen) atoms. The van der Waals surface area contributed by atoms with Crippen molar-refractivity contribution in [1.82, 2.24) is 4.98 Å². The van der Waals surface area contributed by atoms with Gasteiger partial charge in [-0.25, -0.2) is 9.18 Å². The van der Waals surface area contributed by atoms with Crippen molar-refractivity contribution in [3.05, 3.63) is 51.6 Å². The minimum absolute atomic E-state index is 0.182. The first-order valence-corrected chi connectivity index (χ1v) is 9.14. The molecule has 0 radical (unpaired) electrons. The van der Waals surface area contributed by atoms with Crippen LogP contribution in [-0.2, 0) is 4.74 Å². The van der Waals surface area contributed by atoms with Crippen molar-refractivity contribution in [2.24, 2.45) is 0 Å². The molecule has 148 valence electrons. The van der Waals surface area contributed by atoms with E-state index in [0.29, 0.717) is 17.0 Å². The van der Waals surface area contributed by atoms with E-state index in [0.717, 1.165) is 0 Å². The molecule has 1 atom stereocenters. The zero-order valence-electron chi connectivity index (χ0n) is 16.3. The van der Waals surface area contributed by atoms with Gasteiger partial charge in [0.1, 0.15) is 11.6 Å². The molecule has 7 heteroatoms. The number of esters is 1. The average Bonchev–Trinajstić information content (AvgIpc) is 3.10. The summed E-state index contributed by atoms with van der Waals surface area (Å²) in [6.07, 6.45) is 0.212. The van der Waals surface area contributed by atoms with E-state index in [1.165, 1.54) is 12.1 Å². The van der Waals surface area contributed by atoms with Gasteiger partial charge in [0.15, 0.2) is 12.4 Å². The third-order valence-electron chi connectivity index (χ3n) is 4.91. The highest BCUT2D eigenvalue weighted by molar-refractivity contribution is 6.09.